The van der Waals surface area contributed by atoms with Crippen molar-refractivity contribution in [1.82, 2.24) is 0 Å². The van der Waals surface area contributed by atoms with Crippen LogP contribution in [0.2, 0.25) is 0 Å². The van der Waals surface area contributed by atoms with Gasteiger partial charge >= 0.3 is 6.18 Å². The van der Waals surface area contributed by atoms with Gasteiger partial charge in [0.2, 0.25) is 0 Å². The van der Waals surface area contributed by atoms with Crippen molar-refractivity contribution in [2.45, 2.75) is 6.18 Å². The maximum atomic E-state index is 12.2. The van der Waals surface area contributed by atoms with Gasteiger partial charge in [-0.3, -0.25) is 0 Å². The summed E-state index contributed by atoms with van der Waals surface area (Å²) in [4.78, 5) is 2.34. The lowest BCUT2D eigenvalue weighted by Gasteiger charge is -2.07. The van der Waals surface area contributed by atoms with Crippen molar-refractivity contribution in [3.63, 3.8) is 0 Å². The van der Waals surface area contributed by atoms with Crippen molar-refractivity contribution >= 4 is 5.69 Å². The molecule has 1 aromatic carbocycles. The third kappa shape index (κ3) is 2.39. The lowest BCUT2D eigenvalue weighted by atomic mass is 10.1. The Balaban J connectivity index is 3.36. The number of benzene rings is 1. The zero-order chi connectivity index (χ0) is 11.5. The number of halogens is 3. The third-order valence-corrected chi connectivity index (χ3v) is 1.60. The third-order valence-electron chi connectivity index (χ3n) is 1.60. The second kappa shape index (κ2) is 3.90. The smallest absolute Gasteiger partial charge is 0.192 e. The first kappa shape index (κ1) is 10.9. The molecule has 0 aliphatic carbocycles. The molecule has 0 heterocycles. The Morgan fingerprint density at radius 2 is 2.07 bits per heavy atom. The number of alkyl halides is 3. The highest BCUT2D eigenvalue weighted by molar-refractivity contribution is 5.55. The van der Waals surface area contributed by atoms with E-state index >= 15 is 0 Å². The molecule has 0 saturated heterocycles. The highest BCUT2D eigenvalue weighted by Gasteiger charge is 2.30. The van der Waals surface area contributed by atoms with E-state index in [1.165, 1.54) is 0 Å². The zero-order valence-electron chi connectivity index (χ0n) is 7.15. The van der Waals surface area contributed by atoms with Gasteiger partial charge in [-0.05, 0) is 23.7 Å². The summed E-state index contributed by atoms with van der Waals surface area (Å²) in [6, 6.07) is 3.99. The van der Waals surface area contributed by atoms with Gasteiger partial charge in [0, 0.05) is 4.91 Å². The van der Waals surface area contributed by atoms with Gasteiger partial charge in [-0.25, -0.2) is 0 Å². The normalized spacial score (nSPS) is 10.3. The summed E-state index contributed by atoms with van der Waals surface area (Å²) in [7, 11) is 0. The Morgan fingerprint density at radius 1 is 1.40 bits per heavy atom. The van der Waals surface area contributed by atoms with E-state index < -0.39 is 11.7 Å². The van der Waals surface area contributed by atoms with Crippen molar-refractivity contribution in [1.29, 1.82) is 5.26 Å². The molecular formula is C8H3F3N4. The molecule has 0 spiro atoms. The van der Waals surface area contributed by atoms with Crippen LogP contribution >= 0.6 is 0 Å². The first-order valence-corrected chi connectivity index (χ1v) is 3.65. The van der Waals surface area contributed by atoms with Gasteiger partial charge in [0.15, 0.2) is 0 Å². The number of rotatable bonds is 1. The molecule has 0 atom stereocenters. The molecule has 0 N–H and O–H groups in total. The Kier molecular flexibility index (Phi) is 2.83. The SMILES string of the molecule is N#Cc1ccc(C(F)(F)F)cc1N=[N+]=[N-]. The van der Waals surface area contributed by atoms with Crippen molar-refractivity contribution in [2.24, 2.45) is 5.11 Å². The van der Waals surface area contributed by atoms with Crippen molar-refractivity contribution in [3.05, 3.63) is 39.8 Å². The summed E-state index contributed by atoms with van der Waals surface area (Å²) < 4.78 is 36.7. The van der Waals surface area contributed by atoms with Crippen molar-refractivity contribution < 1.29 is 13.2 Å². The average Bonchev–Trinajstić information content (AvgIpc) is 2.17. The van der Waals surface area contributed by atoms with E-state index in [1.54, 1.807) is 6.07 Å². The predicted octanol–water partition coefficient (Wildman–Crippen LogP) is 3.52. The van der Waals surface area contributed by atoms with Gasteiger partial charge in [0.05, 0.1) is 22.9 Å². The van der Waals surface area contributed by atoms with Gasteiger partial charge in [-0.15, -0.1) is 0 Å². The van der Waals surface area contributed by atoms with Crippen LogP contribution in [0.4, 0.5) is 18.9 Å². The van der Waals surface area contributed by atoms with E-state index in [-0.39, 0.29) is 11.3 Å². The van der Waals surface area contributed by atoms with Gasteiger partial charge in [-0.2, -0.15) is 18.4 Å². The second-order valence-electron chi connectivity index (χ2n) is 2.53. The van der Waals surface area contributed by atoms with Gasteiger partial charge in [0.25, 0.3) is 0 Å². The fraction of sp³-hybridized carbons (Fsp3) is 0.125. The monoisotopic (exact) mass is 212 g/mol. The molecular weight excluding hydrogens is 209 g/mol. The summed E-state index contributed by atoms with van der Waals surface area (Å²) in [5, 5.41) is 11.5. The van der Waals surface area contributed by atoms with Gasteiger partial charge < -0.3 is 0 Å². The van der Waals surface area contributed by atoms with Crippen LogP contribution in [0, 0.1) is 11.3 Å². The molecule has 0 radical (unpaired) electrons. The fourth-order valence-electron chi connectivity index (χ4n) is 0.933. The summed E-state index contributed by atoms with van der Waals surface area (Å²) in [5.41, 5.74) is 6.73. The minimum atomic E-state index is -4.52. The maximum Gasteiger partial charge on any atom is 0.416 e. The van der Waals surface area contributed by atoms with E-state index in [1.807, 2.05) is 0 Å². The number of nitriles is 1. The molecule has 7 heteroatoms. The molecule has 0 aromatic heterocycles. The van der Waals surface area contributed by atoms with E-state index in [9.17, 15) is 13.2 Å². The summed E-state index contributed by atoms with van der Waals surface area (Å²) in [6.07, 6.45) is -4.52. The molecule has 0 aliphatic heterocycles. The van der Waals surface area contributed by atoms with E-state index in [0.717, 1.165) is 12.1 Å². The lowest BCUT2D eigenvalue weighted by molar-refractivity contribution is -0.137. The molecule has 4 nitrogen and oxygen atoms in total. The highest BCUT2D eigenvalue weighted by Crippen LogP contribution is 2.32. The van der Waals surface area contributed by atoms with Crippen LogP contribution in [0.3, 0.4) is 0 Å². The number of hydrogen-bond acceptors (Lipinski definition) is 2. The minimum Gasteiger partial charge on any atom is -0.192 e. The molecule has 15 heavy (non-hydrogen) atoms. The van der Waals surface area contributed by atoms with Crippen LogP contribution < -0.4 is 0 Å². The van der Waals surface area contributed by atoms with Gasteiger partial charge in [-0.1, -0.05) is 5.11 Å². The standard InChI is InChI=1S/C8H3F3N4/c9-8(10,11)6-2-1-5(4-12)7(3-6)14-15-13/h1-3H. The largest absolute Gasteiger partial charge is 0.416 e. The zero-order valence-corrected chi connectivity index (χ0v) is 7.15. The average molecular weight is 212 g/mol. The Bertz CT molecular complexity index is 466. The maximum absolute atomic E-state index is 12.2. The summed E-state index contributed by atoms with van der Waals surface area (Å²) in [5.74, 6) is 0. The molecule has 0 fully saturated rings. The van der Waals surface area contributed by atoms with E-state index in [0.29, 0.717) is 6.07 Å². The van der Waals surface area contributed by atoms with Crippen LogP contribution in [0.25, 0.3) is 10.4 Å². The predicted molar refractivity (Wildman–Crippen MR) is 45.0 cm³/mol. The second-order valence-corrected chi connectivity index (χ2v) is 2.53. The first-order valence-electron chi connectivity index (χ1n) is 3.65. The first-order chi connectivity index (χ1) is 6.99. The quantitative estimate of drug-likeness (QED) is 0.398. The molecule has 0 saturated carbocycles. The topological polar surface area (TPSA) is 72.5 Å². The van der Waals surface area contributed by atoms with E-state index in [2.05, 4.69) is 10.0 Å². The van der Waals surface area contributed by atoms with Crippen LogP contribution in [-0.2, 0) is 6.18 Å². The summed E-state index contributed by atoms with van der Waals surface area (Å²) in [6.45, 7) is 0. The molecule has 0 aliphatic rings. The fourth-order valence-corrected chi connectivity index (χ4v) is 0.933. The molecule has 1 aromatic rings. The Morgan fingerprint density at radius 3 is 2.53 bits per heavy atom. The number of hydrogen-bond donors (Lipinski definition) is 0. The van der Waals surface area contributed by atoms with E-state index in [4.69, 9.17) is 10.8 Å². The molecule has 0 unspecified atom stereocenters. The Hall–Kier alpha value is -2.19. The van der Waals surface area contributed by atoms with Crippen molar-refractivity contribution in [2.75, 3.05) is 0 Å². The molecule has 0 amide bonds. The molecule has 1 rings (SSSR count). The van der Waals surface area contributed by atoms with Crippen molar-refractivity contribution in [3.8, 4) is 6.07 Å². The number of azide groups is 1. The highest BCUT2D eigenvalue weighted by atomic mass is 19.4. The van der Waals surface area contributed by atoms with Crippen LogP contribution in [0.1, 0.15) is 11.1 Å². The van der Waals surface area contributed by atoms with Crippen LogP contribution in [0.5, 0.6) is 0 Å². The lowest BCUT2D eigenvalue weighted by Crippen LogP contribution is -2.04. The van der Waals surface area contributed by atoms with Crippen LogP contribution in [0.15, 0.2) is 23.3 Å². The van der Waals surface area contributed by atoms with Crippen LogP contribution in [-0.4, -0.2) is 0 Å². The van der Waals surface area contributed by atoms with Gasteiger partial charge in [0.1, 0.15) is 0 Å². The minimum absolute atomic E-state index is 0.0965. The summed E-state index contributed by atoms with van der Waals surface area (Å²) >= 11 is 0. The molecule has 76 valence electrons. The molecule has 0 bridgehead atoms. The Labute approximate surface area is 82.2 Å². The number of nitrogens with zero attached hydrogens (tertiary/aromatic N) is 4.